The van der Waals surface area contributed by atoms with Crippen molar-refractivity contribution < 1.29 is 9.59 Å². The van der Waals surface area contributed by atoms with Crippen molar-refractivity contribution in [3.05, 3.63) is 35.5 Å². The maximum Gasteiger partial charge on any atom is 0.245 e. The number of para-hydroxylation sites is 1. The summed E-state index contributed by atoms with van der Waals surface area (Å²) in [6, 6.07) is 7.66. The van der Waals surface area contributed by atoms with E-state index in [-0.39, 0.29) is 30.4 Å². The smallest absolute Gasteiger partial charge is 0.245 e. The van der Waals surface area contributed by atoms with Crippen molar-refractivity contribution >= 4 is 22.7 Å². The molecule has 0 unspecified atom stereocenters. The summed E-state index contributed by atoms with van der Waals surface area (Å²) in [7, 11) is 1.70. The number of nitrogens with zero attached hydrogens (tertiary/aromatic N) is 2. The van der Waals surface area contributed by atoms with Crippen LogP contribution in [0.5, 0.6) is 0 Å². The van der Waals surface area contributed by atoms with Crippen LogP contribution in [0.4, 0.5) is 0 Å². The second-order valence-electron chi connectivity index (χ2n) is 5.95. The Kier molecular flexibility index (Phi) is 2.43. The summed E-state index contributed by atoms with van der Waals surface area (Å²) in [6.07, 6.45) is 0.596. The number of benzene rings is 1. The molecule has 2 atom stereocenters. The van der Waals surface area contributed by atoms with Gasteiger partial charge in [0, 0.05) is 30.1 Å². The fourth-order valence-electron chi connectivity index (χ4n) is 3.71. The number of carbonyl (C=O) groups is 2. The van der Waals surface area contributed by atoms with Gasteiger partial charge in [0.15, 0.2) is 0 Å². The first-order valence-corrected chi connectivity index (χ1v) is 7.23. The van der Waals surface area contributed by atoms with Gasteiger partial charge in [-0.05, 0) is 18.6 Å². The fourth-order valence-corrected chi connectivity index (χ4v) is 3.71. The van der Waals surface area contributed by atoms with Crippen LogP contribution < -0.4 is 0 Å². The number of piperazine rings is 1. The molecule has 0 saturated carbocycles. The fraction of sp³-hybridized carbons (Fsp3) is 0.375. The van der Waals surface area contributed by atoms with E-state index in [9.17, 15) is 9.59 Å². The summed E-state index contributed by atoms with van der Waals surface area (Å²) >= 11 is 0. The van der Waals surface area contributed by atoms with E-state index in [0.717, 1.165) is 16.6 Å². The van der Waals surface area contributed by atoms with Gasteiger partial charge >= 0.3 is 0 Å². The molecule has 1 aromatic carbocycles. The zero-order valence-electron chi connectivity index (χ0n) is 12.1. The lowest BCUT2D eigenvalue weighted by atomic mass is 9.90. The van der Waals surface area contributed by atoms with Crippen LogP contribution in [0, 0.1) is 0 Å². The number of amides is 2. The van der Waals surface area contributed by atoms with Crippen LogP contribution in [-0.4, -0.2) is 46.2 Å². The number of fused-ring (bicyclic) bond motifs is 4. The maximum atomic E-state index is 12.4. The lowest BCUT2D eigenvalue weighted by Crippen LogP contribution is -2.61. The summed E-state index contributed by atoms with van der Waals surface area (Å²) in [5.74, 6) is 0.0660. The van der Waals surface area contributed by atoms with Gasteiger partial charge in [0.25, 0.3) is 0 Å². The van der Waals surface area contributed by atoms with Gasteiger partial charge in [-0.1, -0.05) is 18.2 Å². The van der Waals surface area contributed by atoms with Gasteiger partial charge in [0.2, 0.25) is 11.8 Å². The van der Waals surface area contributed by atoms with E-state index in [1.54, 1.807) is 11.9 Å². The molecule has 1 aromatic heterocycles. The number of carbonyl (C=O) groups excluding carboxylic acids is 2. The van der Waals surface area contributed by atoms with Crippen LogP contribution in [0.1, 0.15) is 24.2 Å². The Bertz CT molecular complexity index is 764. The quantitative estimate of drug-likeness (QED) is 0.795. The number of nitrogens with one attached hydrogen (secondary N) is 1. The molecule has 0 aliphatic carbocycles. The van der Waals surface area contributed by atoms with E-state index >= 15 is 0 Å². The topological polar surface area (TPSA) is 56.4 Å². The molecule has 0 bridgehead atoms. The van der Waals surface area contributed by atoms with Gasteiger partial charge in [-0.15, -0.1) is 0 Å². The molecule has 2 amide bonds. The van der Waals surface area contributed by atoms with E-state index < -0.39 is 0 Å². The highest BCUT2D eigenvalue weighted by Gasteiger charge is 2.45. The van der Waals surface area contributed by atoms with Crippen molar-refractivity contribution in [1.29, 1.82) is 0 Å². The second kappa shape index (κ2) is 4.10. The van der Waals surface area contributed by atoms with Crippen LogP contribution in [0.3, 0.4) is 0 Å². The third-order valence-electron chi connectivity index (χ3n) is 4.74. The minimum Gasteiger partial charge on any atom is -0.356 e. The molecule has 1 N–H and O–H groups in total. The molecule has 4 rings (SSSR count). The standard InChI is InChI=1S/C16H17N3O2/c1-9-15-11(10-5-3-4-6-12(10)17-15)7-13-16(21)18(2)8-14(20)19(9)13/h3-6,9,13,17H,7-8H2,1-2H3/t9-,13-/m1/s1. The van der Waals surface area contributed by atoms with Crippen molar-refractivity contribution in [2.45, 2.75) is 25.4 Å². The van der Waals surface area contributed by atoms with E-state index in [4.69, 9.17) is 0 Å². The molecule has 3 heterocycles. The largest absolute Gasteiger partial charge is 0.356 e. The Morgan fingerprint density at radius 2 is 2.00 bits per heavy atom. The summed E-state index contributed by atoms with van der Waals surface area (Å²) in [4.78, 5) is 31.5. The maximum absolute atomic E-state index is 12.4. The highest BCUT2D eigenvalue weighted by Crippen LogP contribution is 2.38. The molecular formula is C16H17N3O2. The van der Waals surface area contributed by atoms with Crippen molar-refractivity contribution in [1.82, 2.24) is 14.8 Å². The molecule has 1 fully saturated rings. The molecule has 2 aromatic rings. The second-order valence-corrected chi connectivity index (χ2v) is 5.95. The number of rotatable bonds is 0. The van der Waals surface area contributed by atoms with Crippen LogP contribution in [0.15, 0.2) is 24.3 Å². The monoisotopic (exact) mass is 283 g/mol. The average molecular weight is 283 g/mol. The minimum absolute atomic E-state index is 0.0268. The van der Waals surface area contributed by atoms with E-state index in [2.05, 4.69) is 11.1 Å². The lowest BCUT2D eigenvalue weighted by Gasteiger charge is -2.45. The molecular weight excluding hydrogens is 266 g/mol. The first kappa shape index (κ1) is 12.4. The van der Waals surface area contributed by atoms with E-state index in [1.165, 1.54) is 10.5 Å². The number of likely N-dealkylation sites (N-methyl/N-ethyl adjacent to an activating group) is 1. The summed E-state index contributed by atoms with van der Waals surface area (Å²) in [5.41, 5.74) is 3.32. The van der Waals surface area contributed by atoms with Crippen LogP contribution in [-0.2, 0) is 16.0 Å². The van der Waals surface area contributed by atoms with E-state index in [0.29, 0.717) is 6.42 Å². The number of hydrogen-bond donors (Lipinski definition) is 1. The minimum atomic E-state index is -0.363. The van der Waals surface area contributed by atoms with Crippen LogP contribution in [0.25, 0.3) is 10.9 Å². The summed E-state index contributed by atoms with van der Waals surface area (Å²) in [6.45, 7) is 2.17. The number of hydrogen-bond acceptors (Lipinski definition) is 2. The first-order chi connectivity index (χ1) is 10.1. The van der Waals surface area contributed by atoms with Crippen molar-refractivity contribution in [3.63, 3.8) is 0 Å². The predicted molar refractivity (Wildman–Crippen MR) is 78.7 cm³/mol. The highest BCUT2D eigenvalue weighted by molar-refractivity contribution is 5.97. The molecule has 0 radical (unpaired) electrons. The van der Waals surface area contributed by atoms with Gasteiger partial charge < -0.3 is 14.8 Å². The lowest BCUT2D eigenvalue weighted by molar-refractivity contribution is -0.157. The average Bonchev–Trinajstić information content (AvgIpc) is 2.84. The van der Waals surface area contributed by atoms with Gasteiger partial charge in [0.05, 0.1) is 12.6 Å². The Morgan fingerprint density at radius 1 is 1.24 bits per heavy atom. The molecule has 21 heavy (non-hydrogen) atoms. The third kappa shape index (κ3) is 1.57. The predicted octanol–water partition coefficient (Wildman–Crippen LogP) is 1.45. The first-order valence-electron chi connectivity index (χ1n) is 7.23. The van der Waals surface area contributed by atoms with Gasteiger partial charge in [-0.2, -0.15) is 0 Å². The van der Waals surface area contributed by atoms with Gasteiger partial charge in [0.1, 0.15) is 6.04 Å². The van der Waals surface area contributed by atoms with Gasteiger partial charge in [-0.25, -0.2) is 0 Å². The molecule has 2 aliphatic heterocycles. The Hall–Kier alpha value is -2.30. The zero-order chi connectivity index (χ0) is 14.7. The number of aromatic amines is 1. The summed E-state index contributed by atoms with van der Waals surface area (Å²) < 4.78 is 0. The van der Waals surface area contributed by atoms with Crippen molar-refractivity contribution in [2.24, 2.45) is 0 Å². The Morgan fingerprint density at radius 3 is 2.81 bits per heavy atom. The molecule has 0 spiro atoms. The molecule has 5 nitrogen and oxygen atoms in total. The van der Waals surface area contributed by atoms with Crippen LogP contribution in [0.2, 0.25) is 0 Å². The molecule has 1 saturated heterocycles. The molecule has 108 valence electrons. The molecule has 5 heteroatoms. The highest BCUT2D eigenvalue weighted by atomic mass is 16.2. The van der Waals surface area contributed by atoms with Crippen LogP contribution >= 0.6 is 0 Å². The number of aromatic nitrogens is 1. The Labute approximate surface area is 122 Å². The zero-order valence-corrected chi connectivity index (χ0v) is 12.1. The Balaban J connectivity index is 1.90. The number of H-pyrrole nitrogens is 1. The van der Waals surface area contributed by atoms with Crippen molar-refractivity contribution in [2.75, 3.05) is 13.6 Å². The normalized spacial score (nSPS) is 25.2. The van der Waals surface area contributed by atoms with Gasteiger partial charge in [-0.3, -0.25) is 9.59 Å². The summed E-state index contributed by atoms with van der Waals surface area (Å²) in [5, 5.41) is 1.16. The van der Waals surface area contributed by atoms with E-state index in [1.807, 2.05) is 25.1 Å². The molecule has 2 aliphatic rings. The van der Waals surface area contributed by atoms with Crippen molar-refractivity contribution in [3.8, 4) is 0 Å². The SMILES string of the molecule is C[C@@H]1c2[nH]c3ccccc3c2C[C@@H]2C(=O)N(C)CC(=O)N21. The third-order valence-corrected chi connectivity index (χ3v) is 4.74.